The molecule has 0 aliphatic carbocycles. The predicted molar refractivity (Wildman–Crippen MR) is 254 cm³/mol. The fourth-order valence-electron chi connectivity index (χ4n) is 6.96. The van der Waals surface area contributed by atoms with Crippen LogP contribution >= 0.6 is 7.82 Å². The van der Waals surface area contributed by atoms with Crippen LogP contribution in [0.15, 0.2) is 36.5 Å². The number of rotatable bonds is 47. The molecule has 0 aliphatic heterocycles. The van der Waals surface area contributed by atoms with E-state index in [-0.39, 0.29) is 19.4 Å². The normalized spacial score (nSPS) is 13.9. The Kier molecular flexibility index (Phi) is 43.6. The number of unbranched alkanes of at least 4 members (excludes halogenated alkanes) is 27. The number of esters is 2. The van der Waals surface area contributed by atoms with E-state index in [1.54, 1.807) is 0 Å². The van der Waals surface area contributed by atoms with Crippen LogP contribution in [0.2, 0.25) is 0 Å². The zero-order chi connectivity index (χ0) is 45.6. The van der Waals surface area contributed by atoms with Gasteiger partial charge in [-0.2, -0.15) is 0 Å². The predicted octanol–water partition coefficient (Wildman–Crippen LogP) is 14.0. The molecule has 62 heavy (non-hydrogen) atoms. The molecule has 0 saturated carbocycles. The second-order valence-electron chi connectivity index (χ2n) is 17.0. The van der Waals surface area contributed by atoms with E-state index in [4.69, 9.17) is 24.8 Å². The number of phosphoric acid groups is 1. The summed E-state index contributed by atoms with van der Waals surface area (Å²) in [4.78, 5) is 46.1. The first-order chi connectivity index (χ1) is 30.1. The van der Waals surface area contributed by atoms with Crippen molar-refractivity contribution in [1.29, 1.82) is 0 Å². The molecule has 11 nitrogen and oxygen atoms in total. The molecule has 12 heteroatoms. The zero-order valence-electron chi connectivity index (χ0n) is 39.5. The third-order valence-corrected chi connectivity index (χ3v) is 11.8. The van der Waals surface area contributed by atoms with Crippen molar-refractivity contribution in [1.82, 2.24) is 0 Å². The summed E-state index contributed by atoms with van der Waals surface area (Å²) >= 11 is 0. The van der Waals surface area contributed by atoms with Crippen LogP contribution in [0.3, 0.4) is 0 Å². The lowest BCUT2D eigenvalue weighted by molar-refractivity contribution is -0.161. The topological polar surface area (TPSA) is 172 Å². The van der Waals surface area contributed by atoms with Gasteiger partial charge in [0, 0.05) is 12.8 Å². The number of hydrogen-bond donors (Lipinski definition) is 3. The van der Waals surface area contributed by atoms with Crippen molar-refractivity contribution in [2.24, 2.45) is 5.73 Å². The van der Waals surface area contributed by atoms with E-state index in [0.29, 0.717) is 12.8 Å². The van der Waals surface area contributed by atoms with Gasteiger partial charge < -0.3 is 25.2 Å². The second-order valence-corrected chi connectivity index (χ2v) is 18.4. The van der Waals surface area contributed by atoms with Crippen molar-refractivity contribution in [3.8, 4) is 0 Å². The van der Waals surface area contributed by atoms with Crippen LogP contribution < -0.4 is 5.73 Å². The van der Waals surface area contributed by atoms with Crippen molar-refractivity contribution < 1.29 is 47.5 Å². The number of ether oxygens (including phenoxy) is 2. The van der Waals surface area contributed by atoms with E-state index in [1.165, 1.54) is 135 Å². The number of carbonyl (C=O) groups is 3. The maximum atomic E-state index is 12.7. The molecule has 0 spiro atoms. The molecule has 0 aromatic heterocycles. The van der Waals surface area contributed by atoms with Crippen LogP contribution in [0.4, 0.5) is 0 Å². The summed E-state index contributed by atoms with van der Waals surface area (Å²) in [6.45, 7) is 2.79. The Morgan fingerprint density at radius 3 is 1.31 bits per heavy atom. The summed E-state index contributed by atoms with van der Waals surface area (Å²) in [5, 5.41) is 8.91. The Labute approximate surface area is 378 Å². The van der Waals surface area contributed by atoms with E-state index >= 15 is 0 Å². The number of hydrogen-bond acceptors (Lipinski definition) is 9. The number of allylic oxidation sites excluding steroid dienone is 6. The number of carboxylic acids is 1. The van der Waals surface area contributed by atoms with Gasteiger partial charge in [-0.1, -0.05) is 204 Å². The van der Waals surface area contributed by atoms with E-state index in [0.717, 1.165) is 57.8 Å². The minimum atomic E-state index is -4.72. The number of carbonyl (C=O) groups excluding carboxylic acids is 2. The lowest BCUT2D eigenvalue weighted by Gasteiger charge is -2.20. The molecule has 0 amide bonds. The quantitative estimate of drug-likeness (QED) is 0.0230. The number of phosphoric ester groups is 1. The first-order valence-corrected chi connectivity index (χ1v) is 26.5. The summed E-state index contributed by atoms with van der Waals surface area (Å²) in [7, 11) is -4.72. The minimum absolute atomic E-state index is 0.160. The highest BCUT2D eigenvalue weighted by Crippen LogP contribution is 2.43. The average molecular weight is 898 g/mol. The van der Waals surface area contributed by atoms with Gasteiger partial charge in [-0.15, -0.1) is 0 Å². The van der Waals surface area contributed by atoms with Crippen LogP contribution in [-0.2, 0) is 37.5 Å². The zero-order valence-corrected chi connectivity index (χ0v) is 40.4. The van der Waals surface area contributed by atoms with Crippen LogP contribution in [0, 0.1) is 0 Å². The molecule has 0 rings (SSSR count). The van der Waals surface area contributed by atoms with Crippen LogP contribution in [0.25, 0.3) is 0 Å². The molecule has 0 fully saturated rings. The molecular formula is C50H92NO10P. The highest BCUT2D eigenvalue weighted by molar-refractivity contribution is 7.47. The third kappa shape index (κ3) is 44.3. The SMILES string of the molecule is CCCCC/C=C\C/C=C\C/C=C\CCCCCCC(=O)OC[C@H](COP(=O)(O)OC[C@H](N)C(=O)O)OC(=O)CCCCCCCCCCCCCCCCCCCCCCC. The lowest BCUT2D eigenvalue weighted by atomic mass is 10.0. The first-order valence-electron chi connectivity index (χ1n) is 25.0. The molecule has 0 radical (unpaired) electrons. The van der Waals surface area contributed by atoms with Crippen molar-refractivity contribution >= 4 is 25.7 Å². The largest absolute Gasteiger partial charge is 0.480 e. The van der Waals surface area contributed by atoms with E-state index in [9.17, 15) is 23.8 Å². The molecule has 0 aromatic carbocycles. The Morgan fingerprint density at radius 2 is 0.855 bits per heavy atom. The van der Waals surface area contributed by atoms with Gasteiger partial charge in [0.15, 0.2) is 6.10 Å². The smallest absolute Gasteiger partial charge is 0.472 e. The van der Waals surface area contributed by atoms with Gasteiger partial charge in [-0.05, 0) is 51.4 Å². The molecule has 3 atom stereocenters. The summed E-state index contributed by atoms with van der Waals surface area (Å²) in [6.07, 6.45) is 50.6. The molecule has 0 heterocycles. The molecule has 0 saturated heterocycles. The van der Waals surface area contributed by atoms with Crippen LogP contribution in [0.5, 0.6) is 0 Å². The Bertz CT molecular complexity index is 1190. The Morgan fingerprint density at radius 1 is 0.500 bits per heavy atom. The van der Waals surface area contributed by atoms with Crippen molar-refractivity contribution in [3.63, 3.8) is 0 Å². The lowest BCUT2D eigenvalue weighted by Crippen LogP contribution is -2.34. The summed E-state index contributed by atoms with van der Waals surface area (Å²) < 4.78 is 32.8. The highest BCUT2D eigenvalue weighted by Gasteiger charge is 2.28. The van der Waals surface area contributed by atoms with Crippen molar-refractivity contribution in [2.45, 2.75) is 244 Å². The van der Waals surface area contributed by atoms with Gasteiger partial charge in [0.2, 0.25) is 0 Å². The second kappa shape index (κ2) is 45.3. The monoisotopic (exact) mass is 898 g/mol. The molecule has 0 bridgehead atoms. The highest BCUT2D eigenvalue weighted by atomic mass is 31.2. The molecule has 0 aromatic rings. The van der Waals surface area contributed by atoms with Gasteiger partial charge in [-0.3, -0.25) is 23.4 Å². The first kappa shape index (κ1) is 59.7. The number of aliphatic carboxylic acids is 1. The summed E-state index contributed by atoms with van der Waals surface area (Å²) in [5.41, 5.74) is 5.35. The fourth-order valence-corrected chi connectivity index (χ4v) is 7.73. The summed E-state index contributed by atoms with van der Waals surface area (Å²) in [5.74, 6) is -2.39. The van der Waals surface area contributed by atoms with Crippen molar-refractivity contribution in [2.75, 3.05) is 19.8 Å². The standard InChI is InChI=1S/C50H92NO10P/c1-3-5-7-9-11-13-15-17-19-21-22-23-24-26-28-30-32-34-36-38-40-42-49(53)61-46(44-59-62(56,57)60-45-47(51)50(54)55)43-58-48(52)41-39-37-35-33-31-29-27-25-20-18-16-14-12-10-8-6-4-2/h12,14,18,20,27,29,46-47H,3-11,13,15-17,19,21-26,28,30-45,51H2,1-2H3,(H,54,55)(H,56,57)/b14-12-,20-18-,29-27-/t46-,47+/m1/s1. The molecule has 0 aliphatic rings. The fraction of sp³-hybridized carbons (Fsp3) is 0.820. The summed E-state index contributed by atoms with van der Waals surface area (Å²) in [6, 6.07) is -1.52. The third-order valence-electron chi connectivity index (χ3n) is 10.9. The van der Waals surface area contributed by atoms with Crippen molar-refractivity contribution in [3.05, 3.63) is 36.5 Å². The Hall–Kier alpha value is -2.30. The van der Waals surface area contributed by atoms with Gasteiger partial charge in [-0.25, -0.2) is 4.57 Å². The van der Waals surface area contributed by atoms with Crippen LogP contribution in [-0.4, -0.2) is 59.9 Å². The van der Waals surface area contributed by atoms with Gasteiger partial charge in [0.25, 0.3) is 0 Å². The number of nitrogens with two attached hydrogens (primary N) is 1. The van der Waals surface area contributed by atoms with E-state index in [1.807, 2.05) is 0 Å². The molecule has 1 unspecified atom stereocenters. The van der Waals surface area contributed by atoms with Gasteiger partial charge >= 0.3 is 25.7 Å². The van der Waals surface area contributed by atoms with Crippen LogP contribution in [0.1, 0.15) is 232 Å². The van der Waals surface area contributed by atoms with E-state index in [2.05, 4.69) is 54.8 Å². The van der Waals surface area contributed by atoms with Gasteiger partial charge in [0.1, 0.15) is 12.6 Å². The molecule has 362 valence electrons. The maximum absolute atomic E-state index is 12.7. The van der Waals surface area contributed by atoms with Gasteiger partial charge in [0.05, 0.1) is 13.2 Å². The number of carboxylic acid groups (broad SMARTS) is 1. The molecule has 4 N–H and O–H groups in total. The maximum Gasteiger partial charge on any atom is 0.472 e. The Balaban J connectivity index is 4.27. The molecular weight excluding hydrogens is 806 g/mol. The van der Waals surface area contributed by atoms with E-state index < -0.39 is 51.1 Å². The minimum Gasteiger partial charge on any atom is -0.480 e. The average Bonchev–Trinajstić information content (AvgIpc) is 3.25.